The van der Waals surface area contributed by atoms with Crippen LogP contribution >= 0.6 is 11.8 Å². The molecule has 4 rings (SSSR count). The Hall–Kier alpha value is -3.79. The van der Waals surface area contributed by atoms with Crippen LogP contribution in [0.3, 0.4) is 0 Å². The van der Waals surface area contributed by atoms with Gasteiger partial charge in [0.15, 0.2) is 6.04 Å². The summed E-state index contributed by atoms with van der Waals surface area (Å²) >= 11 is 1.30. The van der Waals surface area contributed by atoms with Crippen LogP contribution in [0.15, 0.2) is 65.6 Å². The Bertz CT molecular complexity index is 1250. The number of amides is 2. The first-order valence-electron chi connectivity index (χ1n) is 12.8. The van der Waals surface area contributed by atoms with Gasteiger partial charge in [0.25, 0.3) is 0 Å². The van der Waals surface area contributed by atoms with E-state index in [0.717, 1.165) is 11.1 Å². The Balaban J connectivity index is 1.45. The van der Waals surface area contributed by atoms with Gasteiger partial charge in [0.1, 0.15) is 30.4 Å². The number of esters is 2. The smallest absolute Gasteiger partial charge is 0.333 e. The maximum absolute atomic E-state index is 13.2. The number of thioether (sulfide) groups is 1. The molecule has 2 unspecified atom stereocenters. The second-order valence-corrected chi connectivity index (χ2v) is 10.5. The molecule has 0 aromatic heterocycles. The minimum Gasteiger partial charge on any atom is -0.494 e. The molecule has 39 heavy (non-hydrogen) atoms. The van der Waals surface area contributed by atoms with Crippen molar-refractivity contribution in [1.29, 1.82) is 0 Å². The van der Waals surface area contributed by atoms with E-state index >= 15 is 0 Å². The van der Waals surface area contributed by atoms with Gasteiger partial charge in [-0.1, -0.05) is 56.3 Å². The van der Waals surface area contributed by atoms with Crippen LogP contribution in [0.25, 0.3) is 0 Å². The van der Waals surface area contributed by atoms with Crippen molar-refractivity contribution in [2.75, 3.05) is 13.2 Å². The molecular formula is C29H32N2O7S. The monoisotopic (exact) mass is 552 g/mol. The maximum Gasteiger partial charge on any atom is 0.333 e. The van der Waals surface area contributed by atoms with E-state index in [-0.39, 0.29) is 31.5 Å². The van der Waals surface area contributed by atoms with E-state index in [1.54, 1.807) is 25.3 Å². The number of carbonyl (C=O) groups excluding carboxylic acids is 4. The summed E-state index contributed by atoms with van der Waals surface area (Å²) in [6.45, 7) is 5.73. The first-order valence-corrected chi connectivity index (χ1v) is 13.8. The van der Waals surface area contributed by atoms with Crippen LogP contribution in [0.1, 0.15) is 31.9 Å². The Morgan fingerprint density at radius 1 is 1.00 bits per heavy atom. The molecule has 0 saturated carbocycles. The molecule has 9 nitrogen and oxygen atoms in total. The summed E-state index contributed by atoms with van der Waals surface area (Å²) in [6, 6.07) is 14.6. The van der Waals surface area contributed by atoms with Crippen molar-refractivity contribution in [3.05, 3.63) is 76.7 Å². The third-order valence-corrected chi connectivity index (χ3v) is 7.48. The highest BCUT2D eigenvalue weighted by atomic mass is 32.2. The zero-order chi connectivity index (χ0) is 27.9. The fourth-order valence-electron chi connectivity index (χ4n) is 4.27. The van der Waals surface area contributed by atoms with Gasteiger partial charge in [-0.05, 0) is 35.6 Å². The Labute approximate surface area is 231 Å². The summed E-state index contributed by atoms with van der Waals surface area (Å²) in [6.07, 6.45) is 0.0802. The molecule has 2 heterocycles. The fourth-order valence-corrected chi connectivity index (χ4v) is 5.48. The van der Waals surface area contributed by atoms with Gasteiger partial charge in [-0.2, -0.15) is 0 Å². The maximum atomic E-state index is 13.2. The molecule has 10 heteroatoms. The number of ether oxygens (including phenoxy) is 3. The van der Waals surface area contributed by atoms with Crippen molar-refractivity contribution >= 4 is 35.5 Å². The van der Waals surface area contributed by atoms with Crippen molar-refractivity contribution in [3.8, 4) is 5.75 Å². The van der Waals surface area contributed by atoms with Gasteiger partial charge in [-0.25, -0.2) is 4.79 Å². The zero-order valence-electron chi connectivity index (χ0n) is 22.1. The Kier molecular flexibility index (Phi) is 9.29. The van der Waals surface area contributed by atoms with E-state index < -0.39 is 35.3 Å². The predicted molar refractivity (Wildman–Crippen MR) is 145 cm³/mol. The Morgan fingerprint density at radius 3 is 2.46 bits per heavy atom. The van der Waals surface area contributed by atoms with E-state index in [9.17, 15) is 19.2 Å². The summed E-state index contributed by atoms with van der Waals surface area (Å²) in [5.74, 6) is -1.41. The second kappa shape index (κ2) is 12.8. The van der Waals surface area contributed by atoms with Gasteiger partial charge < -0.3 is 24.4 Å². The summed E-state index contributed by atoms with van der Waals surface area (Å²) in [5.41, 5.74) is 2.02. The molecule has 2 aromatic rings. The topological polar surface area (TPSA) is 111 Å². The molecule has 2 aromatic carbocycles. The summed E-state index contributed by atoms with van der Waals surface area (Å²) < 4.78 is 16.4. The summed E-state index contributed by atoms with van der Waals surface area (Å²) in [4.78, 5) is 52.7. The lowest BCUT2D eigenvalue weighted by molar-refractivity contribution is -0.164. The number of hydrogen-bond donors (Lipinski definition) is 1. The van der Waals surface area contributed by atoms with Crippen LogP contribution in [0.5, 0.6) is 5.75 Å². The molecule has 0 radical (unpaired) electrons. The highest BCUT2D eigenvalue weighted by Crippen LogP contribution is 2.40. The van der Waals surface area contributed by atoms with Gasteiger partial charge in [0, 0.05) is 5.57 Å². The van der Waals surface area contributed by atoms with Crippen molar-refractivity contribution in [2.45, 2.75) is 51.3 Å². The number of hydrogen-bond acceptors (Lipinski definition) is 8. The highest BCUT2D eigenvalue weighted by Gasteiger charge is 2.56. The van der Waals surface area contributed by atoms with Crippen LogP contribution in [0.4, 0.5) is 0 Å². The SMILES string of the molecule is CCOc1cccc(CC(=O)NC2C(=O)N3C(C(=O)OCc4ccccc4)C(COC(=O)C(C)C)=CS[C@@H]23)c1. The number of carbonyl (C=O) groups is 4. The molecule has 2 aliphatic rings. The molecule has 1 saturated heterocycles. The molecular weight excluding hydrogens is 520 g/mol. The third-order valence-electron chi connectivity index (χ3n) is 6.26. The van der Waals surface area contributed by atoms with Crippen molar-refractivity contribution in [3.63, 3.8) is 0 Å². The van der Waals surface area contributed by atoms with E-state index in [4.69, 9.17) is 14.2 Å². The van der Waals surface area contributed by atoms with Crippen LogP contribution in [-0.4, -0.2) is 59.3 Å². The summed E-state index contributed by atoms with van der Waals surface area (Å²) in [5, 5.41) is 4.04. The first-order chi connectivity index (χ1) is 18.8. The number of rotatable bonds is 11. The zero-order valence-corrected chi connectivity index (χ0v) is 22.9. The molecule has 1 fully saturated rings. The summed E-state index contributed by atoms with van der Waals surface area (Å²) in [7, 11) is 0. The van der Waals surface area contributed by atoms with Crippen LogP contribution in [0, 0.1) is 5.92 Å². The molecule has 1 N–H and O–H groups in total. The molecule has 3 atom stereocenters. The van der Waals surface area contributed by atoms with Gasteiger partial charge in [-0.15, -0.1) is 11.8 Å². The van der Waals surface area contributed by atoms with Gasteiger partial charge in [-0.3, -0.25) is 14.4 Å². The molecule has 2 amide bonds. The minimum absolute atomic E-state index is 0.0377. The van der Waals surface area contributed by atoms with Gasteiger partial charge in [0.05, 0.1) is 18.9 Å². The predicted octanol–water partition coefficient (Wildman–Crippen LogP) is 3.22. The molecule has 2 aliphatic heterocycles. The second-order valence-electron chi connectivity index (χ2n) is 9.53. The van der Waals surface area contributed by atoms with Crippen LogP contribution in [0.2, 0.25) is 0 Å². The largest absolute Gasteiger partial charge is 0.494 e. The standard InChI is InChI=1S/C29H32N2O7S/c1-4-36-22-12-8-11-20(13-22)14-23(32)30-24-26(33)31-25(29(35)37-15-19-9-6-5-7-10-19)21(17-39-27(24)31)16-38-28(34)18(2)3/h5-13,17-18,24-25,27H,4,14-16H2,1-3H3,(H,30,32)/t24?,25?,27-/m0/s1. The molecule has 0 aliphatic carbocycles. The molecule has 0 bridgehead atoms. The minimum atomic E-state index is -1.05. The van der Waals surface area contributed by atoms with E-state index in [1.807, 2.05) is 55.5 Å². The van der Waals surface area contributed by atoms with E-state index in [1.165, 1.54) is 16.7 Å². The van der Waals surface area contributed by atoms with Crippen molar-refractivity contribution in [2.24, 2.45) is 5.92 Å². The molecule has 206 valence electrons. The van der Waals surface area contributed by atoms with Gasteiger partial charge in [0.2, 0.25) is 11.8 Å². The first kappa shape index (κ1) is 28.2. The number of fused-ring (bicyclic) bond motifs is 1. The van der Waals surface area contributed by atoms with Crippen molar-refractivity contribution < 1.29 is 33.4 Å². The average Bonchev–Trinajstić information content (AvgIpc) is 2.93. The lowest BCUT2D eigenvalue weighted by atomic mass is 9.98. The number of nitrogens with zero attached hydrogens (tertiary/aromatic N) is 1. The van der Waals surface area contributed by atoms with Crippen LogP contribution in [-0.2, 0) is 41.7 Å². The van der Waals surface area contributed by atoms with E-state index in [0.29, 0.717) is 17.9 Å². The number of nitrogens with one attached hydrogen (secondary N) is 1. The number of benzene rings is 2. The lowest BCUT2D eigenvalue weighted by Crippen LogP contribution is -2.74. The fraction of sp³-hybridized carbons (Fsp3) is 0.379. The van der Waals surface area contributed by atoms with Gasteiger partial charge >= 0.3 is 11.9 Å². The van der Waals surface area contributed by atoms with Crippen molar-refractivity contribution in [1.82, 2.24) is 10.2 Å². The quantitative estimate of drug-likeness (QED) is 0.334. The number of β-lactam (4-membered cyclic amide) rings is 1. The lowest BCUT2D eigenvalue weighted by Gasteiger charge is -2.51. The third kappa shape index (κ3) is 6.81. The van der Waals surface area contributed by atoms with Crippen LogP contribution < -0.4 is 10.1 Å². The Morgan fingerprint density at radius 2 is 1.74 bits per heavy atom. The average molecular weight is 553 g/mol. The highest BCUT2D eigenvalue weighted by molar-refractivity contribution is 8.02. The normalized spacial score (nSPS) is 19.9. The van der Waals surface area contributed by atoms with E-state index in [2.05, 4.69) is 5.32 Å². The molecule has 0 spiro atoms.